The molecule has 0 spiro atoms. The molecular formula is C17H22O. The van der Waals surface area contributed by atoms with Gasteiger partial charge in [0.25, 0.3) is 0 Å². The summed E-state index contributed by atoms with van der Waals surface area (Å²) < 4.78 is 5.99. The Bertz CT molecular complexity index is 410. The Balaban J connectivity index is 2.03. The monoisotopic (exact) mass is 242 g/mol. The van der Waals surface area contributed by atoms with Gasteiger partial charge in [-0.25, -0.2) is 0 Å². The predicted octanol–water partition coefficient (Wildman–Crippen LogP) is 4.02. The molecule has 18 heavy (non-hydrogen) atoms. The minimum Gasteiger partial charge on any atom is -0.374 e. The van der Waals surface area contributed by atoms with Crippen molar-refractivity contribution in [1.82, 2.24) is 0 Å². The molecule has 0 aromatic heterocycles. The minimum absolute atomic E-state index is 0.300. The van der Waals surface area contributed by atoms with Gasteiger partial charge >= 0.3 is 0 Å². The fraction of sp³-hybridized carbons (Fsp3) is 0.529. The first kappa shape index (κ1) is 13.2. The number of hydrogen-bond acceptors (Lipinski definition) is 1. The van der Waals surface area contributed by atoms with Crippen molar-refractivity contribution in [2.75, 3.05) is 0 Å². The van der Waals surface area contributed by atoms with E-state index in [1.807, 2.05) is 18.2 Å². The van der Waals surface area contributed by atoms with Crippen LogP contribution in [0.25, 0.3) is 0 Å². The molecule has 0 heterocycles. The third-order valence-corrected chi connectivity index (χ3v) is 3.33. The molecule has 2 unspecified atom stereocenters. The first-order valence-corrected chi connectivity index (χ1v) is 6.98. The van der Waals surface area contributed by atoms with Gasteiger partial charge < -0.3 is 4.74 Å². The highest BCUT2D eigenvalue weighted by Crippen LogP contribution is 2.27. The van der Waals surface area contributed by atoms with E-state index in [4.69, 9.17) is 4.74 Å². The Morgan fingerprint density at radius 2 is 1.83 bits per heavy atom. The Morgan fingerprint density at radius 1 is 1.11 bits per heavy atom. The molecule has 1 aromatic rings. The van der Waals surface area contributed by atoms with E-state index in [9.17, 15) is 0 Å². The van der Waals surface area contributed by atoms with Crippen LogP contribution in [0.4, 0.5) is 0 Å². The summed E-state index contributed by atoms with van der Waals surface area (Å²) in [5.41, 5.74) is 1.10. The molecule has 1 aliphatic rings. The van der Waals surface area contributed by atoms with E-state index < -0.39 is 0 Å². The zero-order chi connectivity index (χ0) is 12.8. The van der Waals surface area contributed by atoms with E-state index in [0.29, 0.717) is 18.1 Å². The lowest BCUT2D eigenvalue weighted by atomic mass is 9.86. The topological polar surface area (TPSA) is 9.23 Å². The van der Waals surface area contributed by atoms with Crippen LogP contribution in [0.5, 0.6) is 0 Å². The van der Waals surface area contributed by atoms with Gasteiger partial charge in [0.1, 0.15) is 0 Å². The van der Waals surface area contributed by atoms with E-state index >= 15 is 0 Å². The molecule has 2 atom stereocenters. The Morgan fingerprint density at radius 3 is 2.56 bits per heavy atom. The normalized spacial score (nSPS) is 23.5. The molecule has 1 saturated carbocycles. The van der Waals surface area contributed by atoms with Crippen molar-refractivity contribution in [1.29, 1.82) is 0 Å². The van der Waals surface area contributed by atoms with Crippen LogP contribution in [0, 0.1) is 17.8 Å². The van der Waals surface area contributed by atoms with Crippen LogP contribution in [0.15, 0.2) is 30.3 Å². The number of rotatable bonds is 2. The van der Waals surface area contributed by atoms with Crippen LogP contribution >= 0.6 is 0 Å². The maximum absolute atomic E-state index is 5.99. The average molecular weight is 242 g/mol. The lowest BCUT2D eigenvalue weighted by Gasteiger charge is -2.29. The second kappa shape index (κ2) is 6.61. The van der Waals surface area contributed by atoms with Crippen LogP contribution < -0.4 is 0 Å². The molecule has 0 saturated heterocycles. The zero-order valence-corrected chi connectivity index (χ0v) is 11.4. The maximum Gasteiger partial charge on any atom is 0.0716 e. The van der Waals surface area contributed by atoms with Gasteiger partial charge in [-0.2, -0.15) is 0 Å². The molecule has 1 fully saturated rings. The fourth-order valence-corrected chi connectivity index (χ4v) is 2.47. The van der Waals surface area contributed by atoms with Crippen LogP contribution in [0.2, 0.25) is 0 Å². The third-order valence-electron chi connectivity index (χ3n) is 3.33. The fourth-order valence-electron chi connectivity index (χ4n) is 2.47. The summed E-state index contributed by atoms with van der Waals surface area (Å²) in [6.45, 7) is 4.21. The van der Waals surface area contributed by atoms with E-state index in [1.54, 1.807) is 0 Å². The van der Waals surface area contributed by atoms with Gasteiger partial charge in [0.05, 0.1) is 12.2 Å². The molecule has 0 N–H and O–H groups in total. The van der Waals surface area contributed by atoms with Crippen molar-refractivity contribution in [3.63, 3.8) is 0 Å². The number of benzene rings is 1. The molecular weight excluding hydrogens is 220 g/mol. The molecule has 1 nitrogen and oxygen atoms in total. The van der Waals surface area contributed by atoms with Gasteiger partial charge in [-0.3, -0.25) is 0 Å². The van der Waals surface area contributed by atoms with E-state index in [1.165, 1.54) is 19.3 Å². The highest BCUT2D eigenvalue weighted by molar-refractivity contribution is 5.34. The van der Waals surface area contributed by atoms with Crippen LogP contribution in [-0.4, -0.2) is 12.2 Å². The lowest BCUT2D eigenvalue weighted by molar-refractivity contribution is -0.0303. The van der Waals surface area contributed by atoms with Gasteiger partial charge in [-0.05, 0) is 38.8 Å². The van der Waals surface area contributed by atoms with Crippen molar-refractivity contribution >= 4 is 0 Å². The molecule has 0 radical (unpaired) electrons. The largest absolute Gasteiger partial charge is 0.374 e. The smallest absolute Gasteiger partial charge is 0.0716 e. The highest BCUT2D eigenvalue weighted by atomic mass is 16.5. The summed E-state index contributed by atoms with van der Waals surface area (Å²) in [6.07, 6.45) is 5.53. The average Bonchev–Trinajstić information content (AvgIpc) is 2.38. The molecule has 1 heteroatoms. The molecule has 0 amide bonds. The molecule has 1 aliphatic carbocycles. The second-order valence-electron chi connectivity index (χ2n) is 5.25. The summed E-state index contributed by atoms with van der Waals surface area (Å²) in [6, 6.07) is 10.2. The Hall–Kier alpha value is -1.26. The summed E-state index contributed by atoms with van der Waals surface area (Å²) >= 11 is 0. The second-order valence-corrected chi connectivity index (χ2v) is 5.25. The highest BCUT2D eigenvalue weighted by Gasteiger charge is 2.24. The van der Waals surface area contributed by atoms with Crippen molar-refractivity contribution in [3.05, 3.63) is 35.9 Å². The Kier molecular flexibility index (Phi) is 4.84. The quantitative estimate of drug-likeness (QED) is 0.712. The third kappa shape index (κ3) is 3.89. The van der Waals surface area contributed by atoms with E-state index in [0.717, 1.165) is 12.0 Å². The molecule has 0 aliphatic heterocycles. The predicted molar refractivity (Wildman–Crippen MR) is 75.3 cm³/mol. The van der Waals surface area contributed by atoms with Crippen molar-refractivity contribution < 1.29 is 4.74 Å². The molecule has 0 bridgehead atoms. The number of ether oxygens (including phenoxy) is 1. The van der Waals surface area contributed by atoms with Gasteiger partial charge in [-0.1, -0.05) is 42.9 Å². The summed E-state index contributed by atoms with van der Waals surface area (Å²) in [7, 11) is 0. The Labute approximate surface area is 111 Å². The van der Waals surface area contributed by atoms with E-state index in [2.05, 4.69) is 37.8 Å². The van der Waals surface area contributed by atoms with Gasteiger partial charge in [-0.15, -0.1) is 0 Å². The lowest BCUT2D eigenvalue weighted by Crippen LogP contribution is -2.29. The van der Waals surface area contributed by atoms with Crippen molar-refractivity contribution in [2.24, 2.45) is 5.92 Å². The van der Waals surface area contributed by atoms with E-state index in [-0.39, 0.29) is 0 Å². The minimum atomic E-state index is 0.300. The van der Waals surface area contributed by atoms with Gasteiger partial charge in [0.15, 0.2) is 0 Å². The zero-order valence-electron chi connectivity index (χ0n) is 11.4. The van der Waals surface area contributed by atoms with Gasteiger partial charge in [0, 0.05) is 11.5 Å². The van der Waals surface area contributed by atoms with Crippen LogP contribution in [0.3, 0.4) is 0 Å². The molecule has 2 rings (SSSR count). The van der Waals surface area contributed by atoms with Gasteiger partial charge in [0.2, 0.25) is 0 Å². The first-order chi connectivity index (χ1) is 8.75. The standard InChI is InChI=1S/C17H22O/c1-14(2)18-17-11-7-6-10-16(17)13-12-15-8-4-3-5-9-15/h3-5,8-9,14,16-17H,6-7,10-11H2,1-2H3. The van der Waals surface area contributed by atoms with Crippen molar-refractivity contribution in [3.8, 4) is 11.8 Å². The maximum atomic E-state index is 5.99. The van der Waals surface area contributed by atoms with Crippen LogP contribution in [-0.2, 0) is 4.74 Å². The number of hydrogen-bond donors (Lipinski definition) is 0. The molecule has 1 aromatic carbocycles. The first-order valence-electron chi connectivity index (χ1n) is 6.98. The summed E-state index contributed by atoms with van der Waals surface area (Å²) in [5.74, 6) is 7.11. The van der Waals surface area contributed by atoms with Crippen molar-refractivity contribution in [2.45, 2.75) is 51.7 Å². The van der Waals surface area contributed by atoms with Crippen LogP contribution in [0.1, 0.15) is 45.1 Å². The summed E-state index contributed by atoms with van der Waals surface area (Å²) in [4.78, 5) is 0. The summed E-state index contributed by atoms with van der Waals surface area (Å²) in [5, 5.41) is 0. The SMILES string of the molecule is CC(C)OC1CCCCC1C#Cc1ccccc1. The molecule has 96 valence electrons.